The van der Waals surface area contributed by atoms with Crippen LogP contribution in [0.4, 0.5) is 11.5 Å². The summed E-state index contributed by atoms with van der Waals surface area (Å²) in [6.45, 7) is 4.15. The largest absolute Gasteiger partial charge is 0.364 e. The first-order valence-electron chi connectivity index (χ1n) is 6.27. The Kier molecular flexibility index (Phi) is 6.17. The number of halogens is 1. The number of carbonyl (C=O) groups is 1. The van der Waals surface area contributed by atoms with Crippen LogP contribution in [0.3, 0.4) is 0 Å². The van der Waals surface area contributed by atoms with Gasteiger partial charge in [-0.3, -0.25) is 14.9 Å². The van der Waals surface area contributed by atoms with Gasteiger partial charge in [0.15, 0.2) is 0 Å². The Morgan fingerprint density at radius 3 is 2.90 bits per heavy atom. The molecule has 0 aliphatic carbocycles. The van der Waals surface area contributed by atoms with Crippen molar-refractivity contribution in [3.05, 3.63) is 27.4 Å². The summed E-state index contributed by atoms with van der Waals surface area (Å²) in [5, 5.41) is 16.6. The van der Waals surface area contributed by atoms with Crippen LogP contribution < -0.4 is 10.6 Å². The van der Waals surface area contributed by atoms with E-state index in [4.69, 9.17) is 11.6 Å². The van der Waals surface area contributed by atoms with Crippen molar-refractivity contribution in [1.29, 1.82) is 0 Å². The summed E-state index contributed by atoms with van der Waals surface area (Å²) in [6, 6.07) is 1.33. The summed E-state index contributed by atoms with van der Waals surface area (Å²) in [5.41, 5.74) is -0.208. The molecular weight excluding hydrogens is 284 g/mol. The smallest absolute Gasteiger partial charge is 0.312 e. The van der Waals surface area contributed by atoms with Crippen molar-refractivity contribution in [1.82, 2.24) is 10.3 Å². The van der Waals surface area contributed by atoms with Gasteiger partial charge < -0.3 is 10.6 Å². The first kappa shape index (κ1) is 16.2. The number of nitro groups is 1. The van der Waals surface area contributed by atoms with Gasteiger partial charge in [-0.1, -0.05) is 18.5 Å². The summed E-state index contributed by atoms with van der Waals surface area (Å²) in [4.78, 5) is 25.7. The number of carbonyl (C=O) groups excluding carboxylic acids is 1. The van der Waals surface area contributed by atoms with E-state index in [0.717, 1.165) is 6.42 Å². The van der Waals surface area contributed by atoms with Gasteiger partial charge in [-0.15, -0.1) is 0 Å². The number of aromatic nitrogens is 1. The lowest BCUT2D eigenvalue weighted by Crippen LogP contribution is -2.33. The predicted octanol–water partition coefficient (Wildman–Crippen LogP) is 2.36. The molecule has 7 nitrogen and oxygen atoms in total. The maximum absolute atomic E-state index is 11.5. The number of hydrogen-bond donors (Lipinski definition) is 2. The van der Waals surface area contributed by atoms with Crippen molar-refractivity contribution < 1.29 is 9.72 Å². The highest BCUT2D eigenvalue weighted by Crippen LogP contribution is 2.24. The highest BCUT2D eigenvalue weighted by molar-refractivity contribution is 6.30. The highest BCUT2D eigenvalue weighted by Gasteiger charge is 2.16. The third-order valence-corrected chi connectivity index (χ3v) is 2.90. The van der Waals surface area contributed by atoms with Crippen LogP contribution in [-0.4, -0.2) is 28.4 Å². The number of nitrogens with zero attached hydrogens (tertiary/aromatic N) is 2. The van der Waals surface area contributed by atoms with Gasteiger partial charge in [0.2, 0.25) is 11.7 Å². The number of pyridine rings is 1. The average Bonchev–Trinajstić information content (AvgIpc) is 2.39. The molecule has 2 N–H and O–H groups in total. The summed E-state index contributed by atoms with van der Waals surface area (Å²) in [7, 11) is 0. The lowest BCUT2D eigenvalue weighted by atomic mass is 10.2. The van der Waals surface area contributed by atoms with Crippen LogP contribution in [0, 0.1) is 10.1 Å². The molecule has 0 aromatic carbocycles. The van der Waals surface area contributed by atoms with E-state index >= 15 is 0 Å². The van der Waals surface area contributed by atoms with Crippen LogP contribution >= 0.6 is 11.6 Å². The molecule has 0 bridgehead atoms. The molecule has 0 saturated heterocycles. The van der Waals surface area contributed by atoms with Crippen LogP contribution in [0.2, 0.25) is 5.02 Å². The summed E-state index contributed by atoms with van der Waals surface area (Å²) < 4.78 is 0. The lowest BCUT2D eigenvalue weighted by Gasteiger charge is -2.11. The van der Waals surface area contributed by atoms with Gasteiger partial charge in [0, 0.05) is 31.3 Å². The molecule has 1 amide bonds. The predicted molar refractivity (Wildman–Crippen MR) is 76.9 cm³/mol. The molecule has 1 aromatic rings. The molecular formula is C12H17ClN4O3. The normalized spacial score (nSPS) is 11.8. The molecule has 20 heavy (non-hydrogen) atoms. The van der Waals surface area contributed by atoms with Gasteiger partial charge in [-0.05, 0) is 13.3 Å². The standard InChI is InChI=1S/C12H17ClN4O3/c1-3-8(2)16-11(18)4-5-14-12-10(17(19)20)6-9(13)7-15-12/h6-8H,3-5H2,1-2H3,(H,14,15)(H,16,18). The van der Waals surface area contributed by atoms with Crippen molar-refractivity contribution in [3.63, 3.8) is 0 Å². The fourth-order valence-corrected chi connectivity index (χ4v) is 1.60. The van der Waals surface area contributed by atoms with Gasteiger partial charge in [0.1, 0.15) is 0 Å². The summed E-state index contributed by atoms with van der Waals surface area (Å²) >= 11 is 5.66. The van der Waals surface area contributed by atoms with Gasteiger partial charge in [-0.2, -0.15) is 0 Å². The summed E-state index contributed by atoms with van der Waals surface area (Å²) in [5.74, 6) is -0.000735. The lowest BCUT2D eigenvalue weighted by molar-refractivity contribution is -0.384. The van der Waals surface area contributed by atoms with Crippen LogP contribution in [-0.2, 0) is 4.79 Å². The molecule has 0 fully saturated rings. The van der Waals surface area contributed by atoms with E-state index < -0.39 is 4.92 Å². The molecule has 0 aliphatic rings. The van der Waals surface area contributed by atoms with E-state index in [-0.39, 0.29) is 41.4 Å². The van der Waals surface area contributed by atoms with Gasteiger partial charge >= 0.3 is 5.69 Å². The number of nitrogens with one attached hydrogen (secondary N) is 2. The number of amides is 1. The van der Waals surface area contributed by atoms with E-state index in [1.54, 1.807) is 0 Å². The SMILES string of the molecule is CCC(C)NC(=O)CCNc1ncc(Cl)cc1[N+](=O)[O-]. The minimum Gasteiger partial charge on any atom is -0.364 e. The van der Waals surface area contributed by atoms with E-state index in [1.165, 1.54) is 12.3 Å². The Balaban J connectivity index is 2.54. The molecule has 1 unspecified atom stereocenters. The molecule has 0 radical (unpaired) electrons. The van der Waals surface area contributed by atoms with Crippen LogP contribution in [0.25, 0.3) is 0 Å². The maximum atomic E-state index is 11.5. The van der Waals surface area contributed by atoms with E-state index in [9.17, 15) is 14.9 Å². The zero-order chi connectivity index (χ0) is 15.1. The Bertz CT molecular complexity index is 496. The molecule has 0 saturated carbocycles. The second kappa shape index (κ2) is 7.64. The van der Waals surface area contributed by atoms with Crippen molar-refractivity contribution in [2.75, 3.05) is 11.9 Å². The third kappa shape index (κ3) is 5.00. The number of rotatable bonds is 7. The quantitative estimate of drug-likeness (QED) is 0.595. The minimum absolute atomic E-state index is 0.107. The second-order valence-corrected chi connectivity index (χ2v) is 4.77. The third-order valence-electron chi connectivity index (χ3n) is 2.70. The molecule has 110 valence electrons. The second-order valence-electron chi connectivity index (χ2n) is 4.33. The number of anilines is 1. The van der Waals surface area contributed by atoms with Crippen molar-refractivity contribution in [2.24, 2.45) is 0 Å². The topological polar surface area (TPSA) is 97.2 Å². The van der Waals surface area contributed by atoms with Crippen LogP contribution in [0.15, 0.2) is 12.3 Å². The zero-order valence-electron chi connectivity index (χ0n) is 11.4. The van der Waals surface area contributed by atoms with E-state index in [1.807, 2.05) is 13.8 Å². The molecule has 1 rings (SSSR count). The van der Waals surface area contributed by atoms with Gasteiger partial charge in [0.05, 0.1) is 9.95 Å². The maximum Gasteiger partial charge on any atom is 0.312 e. The van der Waals surface area contributed by atoms with E-state index in [2.05, 4.69) is 15.6 Å². The van der Waals surface area contributed by atoms with E-state index in [0.29, 0.717) is 0 Å². The Labute approximate surface area is 121 Å². The molecule has 1 atom stereocenters. The monoisotopic (exact) mass is 300 g/mol. The van der Waals surface area contributed by atoms with Crippen molar-refractivity contribution >= 4 is 29.0 Å². The Morgan fingerprint density at radius 1 is 1.60 bits per heavy atom. The highest BCUT2D eigenvalue weighted by atomic mass is 35.5. The van der Waals surface area contributed by atoms with Crippen LogP contribution in [0.5, 0.6) is 0 Å². The Morgan fingerprint density at radius 2 is 2.30 bits per heavy atom. The van der Waals surface area contributed by atoms with Crippen molar-refractivity contribution in [2.45, 2.75) is 32.7 Å². The van der Waals surface area contributed by atoms with Crippen molar-refractivity contribution in [3.8, 4) is 0 Å². The fourth-order valence-electron chi connectivity index (χ4n) is 1.45. The van der Waals surface area contributed by atoms with Crippen LogP contribution in [0.1, 0.15) is 26.7 Å². The first-order valence-corrected chi connectivity index (χ1v) is 6.65. The summed E-state index contributed by atoms with van der Waals surface area (Å²) in [6.07, 6.45) is 2.38. The molecule has 8 heteroatoms. The average molecular weight is 301 g/mol. The Hall–Kier alpha value is -1.89. The fraction of sp³-hybridized carbons (Fsp3) is 0.500. The first-order chi connectivity index (χ1) is 9.43. The van der Waals surface area contributed by atoms with Gasteiger partial charge in [0.25, 0.3) is 0 Å². The van der Waals surface area contributed by atoms with Gasteiger partial charge in [-0.25, -0.2) is 4.98 Å². The zero-order valence-corrected chi connectivity index (χ0v) is 12.1. The molecule has 0 spiro atoms. The minimum atomic E-state index is -0.569. The molecule has 0 aliphatic heterocycles. The number of hydrogen-bond acceptors (Lipinski definition) is 5. The molecule has 1 heterocycles. The molecule has 1 aromatic heterocycles.